The van der Waals surface area contributed by atoms with Crippen molar-refractivity contribution in [1.82, 2.24) is 0 Å². The molecular weight excluding hydrogens is 245 g/mol. The van der Waals surface area contributed by atoms with E-state index in [9.17, 15) is 19.8 Å². The third-order valence-corrected chi connectivity index (χ3v) is 6.09. The van der Waals surface area contributed by atoms with Gasteiger partial charge in [-0.2, -0.15) is 0 Å². The molecule has 1 N–H and O–H groups in total. The summed E-state index contributed by atoms with van der Waals surface area (Å²) < 4.78 is 17.7. The lowest BCUT2D eigenvalue weighted by Gasteiger charge is -2.19. The molecule has 3 unspecified atom stereocenters. The number of non-ortho nitro benzene ring substituents is 1. The first kappa shape index (κ1) is 12.2. The molecule has 7 heteroatoms. The molecule has 0 spiro atoms. The first-order valence-corrected chi connectivity index (χ1v) is 6.95. The van der Waals surface area contributed by atoms with E-state index in [-0.39, 0.29) is 5.69 Å². The van der Waals surface area contributed by atoms with Crippen LogP contribution in [0.25, 0.3) is 0 Å². The third kappa shape index (κ3) is 2.11. The molecule has 1 aromatic rings. The van der Waals surface area contributed by atoms with Crippen molar-refractivity contribution < 1.29 is 19.3 Å². The van der Waals surface area contributed by atoms with Crippen LogP contribution in [-0.2, 0) is 9.30 Å². The van der Waals surface area contributed by atoms with Crippen LogP contribution in [-0.4, -0.2) is 28.3 Å². The van der Waals surface area contributed by atoms with Gasteiger partial charge in [0.25, 0.3) is 5.69 Å². The Morgan fingerprint density at radius 1 is 1.65 bits per heavy atom. The minimum Gasteiger partial charge on any atom is -0.385 e. The quantitative estimate of drug-likeness (QED) is 0.379. The summed E-state index contributed by atoms with van der Waals surface area (Å²) in [5, 5.41) is 20.6. The van der Waals surface area contributed by atoms with Gasteiger partial charge in [-0.15, -0.1) is 0 Å². The Balaban J connectivity index is 2.47. The largest absolute Gasteiger partial charge is 0.385 e. The lowest BCUT2D eigenvalue weighted by molar-refractivity contribution is -0.384. The van der Waals surface area contributed by atoms with E-state index < -0.39 is 23.8 Å². The van der Waals surface area contributed by atoms with E-state index in [0.717, 1.165) is 0 Å². The number of nitro benzene ring substituents is 1. The second-order valence-corrected chi connectivity index (χ2v) is 7.16. The number of nitro groups is 1. The van der Waals surface area contributed by atoms with Crippen LogP contribution in [0.3, 0.4) is 0 Å². The van der Waals surface area contributed by atoms with Crippen LogP contribution in [0.15, 0.2) is 24.3 Å². The van der Waals surface area contributed by atoms with E-state index >= 15 is 0 Å². The fourth-order valence-corrected chi connectivity index (χ4v) is 4.14. The minimum atomic E-state index is -3.14. The molecule has 1 aliphatic rings. The van der Waals surface area contributed by atoms with E-state index in [0.29, 0.717) is 11.9 Å². The van der Waals surface area contributed by atoms with Gasteiger partial charge in [-0.05, 0) is 6.92 Å². The van der Waals surface area contributed by atoms with Crippen molar-refractivity contribution in [1.29, 1.82) is 0 Å². The fourth-order valence-electron chi connectivity index (χ4n) is 1.71. The normalized spacial score (nSPS) is 23.8. The second kappa shape index (κ2) is 4.22. The summed E-state index contributed by atoms with van der Waals surface area (Å²) in [7, 11) is -3.14. The van der Waals surface area contributed by atoms with Crippen molar-refractivity contribution in [2.24, 2.45) is 0 Å². The predicted molar refractivity (Wildman–Crippen MR) is 61.8 cm³/mol. The molecule has 3 atom stereocenters. The maximum Gasteiger partial charge on any atom is 0.270 e. The first-order chi connectivity index (χ1) is 7.96. The highest BCUT2D eigenvalue weighted by molar-refractivity contribution is 7.72. The molecule has 1 aromatic carbocycles. The summed E-state index contributed by atoms with van der Waals surface area (Å²) in [6.45, 7) is 1.74. The molecule has 1 heterocycles. The Morgan fingerprint density at radius 3 is 2.76 bits per heavy atom. The van der Waals surface area contributed by atoms with E-state index in [2.05, 4.69) is 0 Å². The highest BCUT2D eigenvalue weighted by Crippen LogP contribution is 2.58. The number of aliphatic hydroxyl groups excluding tert-OH is 1. The molecule has 1 fully saturated rings. The van der Waals surface area contributed by atoms with Crippen molar-refractivity contribution in [3.05, 3.63) is 34.4 Å². The summed E-state index contributed by atoms with van der Waals surface area (Å²) in [6, 6.07) is 5.56. The summed E-state index contributed by atoms with van der Waals surface area (Å²) in [5.74, 6) is -1.58. The maximum atomic E-state index is 12.7. The molecule has 6 nitrogen and oxygen atoms in total. The molecule has 0 aromatic heterocycles. The van der Waals surface area contributed by atoms with Crippen molar-refractivity contribution in [3.8, 4) is 0 Å². The lowest BCUT2D eigenvalue weighted by Crippen LogP contribution is -2.18. The van der Waals surface area contributed by atoms with Crippen LogP contribution in [0.4, 0.5) is 5.69 Å². The zero-order valence-corrected chi connectivity index (χ0v) is 10.0. The number of rotatable bonds is 4. The molecule has 0 aliphatic carbocycles. The van der Waals surface area contributed by atoms with Crippen LogP contribution >= 0.6 is 7.14 Å². The molecule has 1 saturated heterocycles. The van der Waals surface area contributed by atoms with Crippen molar-refractivity contribution in [2.45, 2.75) is 18.6 Å². The Labute approximate surface area is 97.7 Å². The van der Waals surface area contributed by atoms with Gasteiger partial charge in [-0.1, -0.05) is 12.1 Å². The maximum absolute atomic E-state index is 12.7. The smallest absolute Gasteiger partial charge is 0.270 e. The number of aliphatic hydroxyl groups is 1. The van der Waals surface area contributed by atoms with Gasteiger partial charge < -0.3 is 14.4 Å². The van der Waals surface area contributed by atoms with Crippen LogP contribution in [0.5, 0.6) is 0 Å². The highest BCUT2D eigenvalue weighted by Gasteiger charge is 2.47. The number of hydrogen-bond acceptors (Lipinski definition) is 5. The first-order valence-electron chi connectivity index (χ1n) is 5.10. The third-order valence-electron chi connectivity index (χ3n) is 2.74. The number of hydrogen-bond donors (Lipinski definition) is 1. The van der Waals surface area contributed by atoms with Gasteiger partial charge >= 0.3 is 0 Å². The lowest BCUT2D eigenvalue weighted by atomic mass is 10.3. The van der Waals surface area contributed by atoms with Gasteiger partial charge in [0.05, 0.1) is 11.5 Å². The average Bonchev–Trinajstić information content (AvgIpc) is 3.12. The van der Waals surface area contributed by atoms with Crippen LogP contribution in [0, 0.1) is 10.1 Å². The minimum absolute atomic E-state index is 0.135. The average molecular weight is 257 g/mol. The van der Waals surface area contributed by atoms with E-state index in [1.54, 1.807) is 0 Å². The van der Waals surface area contributed by atoms with Gasteiger partial charge in [0.1, 0.15) is 11.7 Å². The number of nitrogens with zero attached hydrogens (tertiary/aromatic N) is 1. The summed E-state index contributed by atoms with van der Waals surface area (Å²) in [4.78, 5) is 10.1. The number of benzene rings is 1. The number of epoxide rings is 1. The van der Waals surface area contributed by atoms with Crippen molar-refractivity contribution >= 4 is 18.1 Å². The summed E-state index contributed by atoms with van der Waals surface area (Å²) >= 11 is 0. The van der Waals surface area contributed by atoms with E-state index in [1.165, 1.54) is 31.2 Å². The Hall–Kier alpha value is -1.23. The molecule has 0 radical (unpaired) electrons. The van der Waals surface area contributed by atoms with Crippen LogP contribution < -0.4 is 5.30 Å². The second-order valence-electron chi connectivity index (χ2n) is 3.91. The molecule has 0 saturated carbocycles. The Bertz CT molecular complexity index is 491. The van der Waals surface area contributed by atoms with Gasteiger partial charge in [0.2, 0.25) is 0 Å². The zero-order chi connectivity index (χ0) is 12.6. The predicted octanol–water partition coefficient (Wildman–Crippen LogP) is 1.28. The highest BCUT2D eigenvalue weighted by atomic mass is 31.2. The molecule has 2 rings (SSSR count). The summed E-state index contributed by atoms with van der Waals surface area (Å²) in [6.07, 6.45) is 0. The van der Waals surface area contributed by atoms with Gasteiger partial charge in [-0.25, -0.2) is 0 Å². The SMILES string of the molecule is CC(O)P(=O)(c1cccc([N+](=O)[O-])c1)C1CO1. The van der Waals surface area contributed by atoms with E-state index in [1.807, 2.05) is 0 Å². The zero-order valence-electron chi connectivity index (χ0n) is 9.15. The Morgan fingerprint density at radius 2 is 2.29 bits per heavy atom. The molecule has 1 aliphatic heterocycles. The van der Waals surface area contributed by atoms with Crippen molar-refractivity contribution in [2.75, 3.05) is 6.61 Å². The monoisotopic (exact) mass is 257 g/mol. The Kier molecular flexibility index (Phi) is 3.03. The summed E-state index contributed by atoms with van der Waals surface area (Å²) in [5.41, 5.74) is -0.135. The van der Waals surface area contributed by atoms with Gasteiger partial charge in [-0.3, -0.25) is 10.1 Å². The van der Waals surface area contributed by atoms with Gasteiger partial charge in [0, 0.05) is 17.4 Å². The molecule has 0 bridgehead atoms. The fraction of sp³-hybridized carbons (Fsp3) is 0.400. The van der Waals surface area contributed by atoms with Gasteiger partial charge in [0.15, 0.2) is 7.14 Å². The van der Waals surface area contributed by atoms with Crippen LogP contribution in [0.1, 0.15) is 6.92 Å². The van der Waals surface area contributed by atoms with Crippen molar-refractivity contribution in [3.63, 3.8) is 0 Å². The van der Waals surface area contributed by atoms with E-state index in [4.69, 9.17) is 4.74 Å². The molecular formula is C10H12NO5P. The molecule has 92 valence electrons. The standard InChI is InChI=1S/C10H12NO5P/c1-7(12)17(15,10-6-16-10)9-4-2-3-8(5-9)11(13)14/h2-5,7,10,12H,6H2,1H3. The molecule has 0 amide bonds. The number of ether oxygens (including phenoxy) is 1. The molecule has 17 heavy (non-hydrogen) atoms. The topological polar surface area (TPSA) is 93.0 Å². The van der Waals surface area contributed by atoms with Crippen LogP contribution in [0.2, 0.25) is 0 Å².